The van der Waals surface area contributed by atoms with Crippen LogP contribution in [0.5, 0.6) is 0 Å². The Bertz CT molecular complexity index is 718. The third-order valence-corrected chi connectivity index (χ3v) is 3.27. The Labute approximate surface area is 115 Å². The molecule has 20 heavy (non-hydrogen) atoms. The number of rotatable bonds is 3. The maximum absolute atomic E-state index is 12.0. The van der Waals surface area contributed by atoms with E-state index in [2.05, 4.69) is 25.5 Å². The van der Waals surface area contributed by atoms with Crippen LogP contribution in [0.2, 0.25) is 0 Å². The molecule has 0 aliphatic rings. The molecular weight excluding hydrogens is 254 g/mol. The van der Waals surface area contributed by atoms with Crippen LogP contribution in [-0.2, 0) is 11.2 Å². The summed E-state index contributed by atoms with van der Waals surface area (Å²) in [5.41, 5.74) is 4.43. The average molecular weight is 269 g/mol. The molecule has 102 valence electrons. The number of carbonyl (C=O) groups excluding carboxylic acids is 1. The normalized spacial score (nSPS) is 10.9. The Morgan fingerprint density at radius 2 is 2.10 bits per heavy atom. The molecule has 0 radical (unpaired) electrons. The molecule has 2 heterocycles. The second-order valence-electron chi connectivity index (χ2n) is 4.74. The van der Waals surface area contributed by atoms with Crippen molar-refractivity contribution in [2.45, 2.75) is 20.3 Å². The maximum atomic E-state index is 12.0. The van der Waals surface area contributed by atoms with Gasteiger partial charge in [-0.25, -0.2) is 4.98 Å². The highest BCUT2D eigenvalue weighted by Gasteiger charge is 2.12. The molecule has 1 amide bonds. The van der Waals surface area contributed by atoms with Gasteiger partial charge in [0.05, 0.1) is 23.1 Å². The monoisotopic (exact) mass is 269 g/mol. The lowest BCUT2D eigenvalue weighted by atomic mass is 10.1. The first kappa shape index (κ1) is 12.4. The molecule has 0 saturated heterocycles. The van der Waals surface area contributed by atoms with E-state index < -0.39 is 0 Å². The van der Waals surface area contributed by atoms with E-state index in [-0.39, 0.29) is 12.3 Å². The summed E-state index contributed by atoms with van der Waals surface area (Å²) >= 11 is 0. The molecule has 0 bridgehead atoms. The number of anilines is 1. The summed E-state index contributed by atoms with van der Waals surface area (Å²) in [5.74, 6) is 0.353. The first-order valence-corrected chi connectivity index (χ1v) is 6.38. The van der Waals surface area contributed by atoms with Gasteiger partial charge < -0.3 is 4.98 Å². The Balaban J connectivity index is 1.76. The van der Waals surface area contributed by atoms with Gasteiger partial charge in [0.2, 0.25) is 11.9 Å². The summed E-state index contributed by atoms with van der Waals surface area (Å²) in [4.78, 5) is 19.4. The summed E-state index contributed by atoms with van der Waals surface area (Å²) in [6.07, 6.45) is 0.283. The number of imidazole rings is 1. The van der Waals surface area contributed by atoms with Crippen molar-refractivity contribution >= 4 is 22.9 Å². The van der Waals surface area contributed by atoms with E-state index in [0.717, 1.165) is 28.0 Å². The predicted molar refractivity (Wildman–Crippen MR) is 76.5 cm³/mol. The molecule has 0 atom stereocenters. The summed E-state index contributed by atoms with van der Waals surface area (Å²) in [6.45, 7) is 3.79. The van der Waals surface area contributed by atoms with Gasteiger partial charge in [0.15, 0.2) is 0 Å². The smallest absolute Gasteiger partial charge is 0.231 e. The van der Waals surface area contributed by atoms with Crippen LogP contribution in [0.3, 0.4) is 0 Å². The van der Waals surface area contributed by atoms with Gasteiger partial charge in [-0.2, -0.15) is 5.10 Å². The van der Waals surface area contributed by atoms with Crippen molar-refractivity contribution in [2.24, 2.45) is 0 Å². The number of nitrogens with one attached hydrogen (secondary N) is 3. The number of carbonyl (C=O) groups is 1. The number of benzene rings is 1. The van der Waals surface area contributed by atoms with E-state index in [1.807, 2.05) is 38.1 Å². The van der Waals surface area contributed by atoms with Gasteiger partial charge in [-0.05, 0) is 26.0 Å². The topological polar surface area (TPSA) is 86.5 Å². The lowest BCUT2D eigenvalue weighted by Gasteiger charge is -2.02. The van der Waals surface area contributed by atoms with Gasteiger partial charge in [0.25, 0.3) is 0 Å². The first-order chi connectivity index (χ1) is 9.63. The second-order valence-corrected chi connectivity index (χ2v) is 4.74. The minimum atomic E-state index is -0.114. The molecule has 3 N–H and O–H groups in total. The number of hydrogen-bond acceptors (Lipinski definition) is 3. The highest BCUT2D eigenvalue weighted by Crippen LogP contribution is 2.14. The van der Waals surface area contributed by atoms with Crippen molar-refractivity contribution in [3.63, 3.8) is 0 Å². The molecule has 0 unspecified atom stereocenters. The summed E-state index contributed by atoms with van der Waals surface area (Å²) in [5, 5.41) is 9.73. The summed E-state index contributed by atoms with van der Waals surface area (Å²) < 4.78 is 0. The number of para-hydroxylation sites is 2. The second kappa shape index (κ2) is 4.80. The zero-order chi connectivity index (χ0) is 14.1. The largest absolute Gasteiger partial charge is 0.324 e. The first-order valence-electron chi connectivity index (χ1n) is 6.38. The van der Waals surface area contributed by atoms with E-state index in [1.165, 1.54) is 0 Å². The average Bonchev–Trinajstić information content (AvgIpc) is 2.96. The van der Waals surface area contributed by atoms with Crippen LogP contribution >= 0.6 is 0 Å². The number of fused-ring (bicyclic) bond motifs is 1. The molecule has 0 aliphatic heterocycles. The van der Waals surface area contributed by atoms with E-state index in [0.29, 0.717) is 5.95 Å². The van der Waals surface area contributed by atoms with Gasteiger partial charge in [-0.15, -0.1) is 0 Å². The standard InChI is InChI=1S/C14H15N5O/c1-8-10(9(2)19-18-8)7-13(20)17-14-15-11-5-3-4-6-12(11)16-14/h3-6H,7H2,1-2H3,(H,18,19)(H2,15,16,17,20). The lowest BCUT2D eigenvalue weighted by Crippen LogP contribution is -2.16. The van der Waals surface area contributed by atoms with Crippen LogP contribution in [0.25, 0.3) is 11.0 Å². The highest BCUT2D eigenvalue weighted by atomic mass is 16.1. The van der Waals surface area contributed by atoms with Gasteiger partial charge >= 0.3 is 0 Å². The third kappa shape index (κ3) is 2.27. The zero-order valence-corrected chi connectivity index (χ0v) is 11.3. The zero-order valence-electron chi connectivity index (χ0n) is 11.3. The van der Waals surface area contributed by atoms with Crippen molar-refractivity contribution in [2.75, 3.05) is 5.32 Å². The lowest BCUT2D eigenvalue weighted by molar-refractivity contribution is -0.115. The number of aryl methyl sites for hydroxylation is 2. The molecule has 3 aromatic rings. The van der Waals surface area contributed by atoms with E-state index in [9.17, 15) is 4.79 Å². The van der Waals surface area contributed by atoms with E-state index in [4.69, 9.17) is 0 Å². The van der Waals surface area contributed by atoms with E-state index >= 15 is 0 Å². The number of hydrogen-bond donors (Lipinski definition) is 3. The molecule has 3 rings (SSSR count). The number of amides is 1. The van der Waals surface area contributed by atoms with Gasteiger partial charge in [0.1, 0.15) is 0 Å². The van der Waals surface area contributed by atoms with Crippen LogP contribution in [0.4, 0.5) is 5.95 Å². The van der Waals surface area contributed by atoms with Crippen molar-refractivity contribution in [1.29, 1.82) is 0 Å². The van der Waals surface area contributed by atoms with E-state index in [1.54, 1.807) is 0 Å². The molecule has 0 saturated carbocycles. The van der Waals surface area contributed by atoms with Crippen LogP contribution in [0, 0.1) is 13.8 Å². The Morgan fingerprint density at radius 1 is 1.30 bits per heavy atom. The third-order valence-electron chi connectivity index (χ3n) is 3.27. The van der Waals surface area contributed by atoms with Crippen LogP contribution < -0.4 is 5.32 Å². The Kier molecular flexibility index (Phi) is 2.98. The predicted octanol–water partition coefficient (Wildman–Crippen LogP) is 2.08. The number of nitrogens with zero attached hydrogens (tertiary/aromatic N) is 2. The fraction of sp³-hybridized carbons (Fsp3) is 0.214. The molecule has 0 fully saturated rings. The molecule has 2 aromatic heterocycles. The quantitative estimate of drug-likeness (QED) is 0.680. The van der Waals surface area contributed by atoms with Crippen molar-refractivity contribution in [3.8, 4) is 0 Å². The molecule has 0 spiro atoms. The van der Waals surface area contributed by atoms with Crippen LogP contribution in [0.1, 0.15) is 17.0 Å². The fourth-order valence-corrected chi connectivity index (χ4v) is 2.18. The van der Waals surface area contributed by atoms with Gasteiger partial charge in [-0.3, -0.25) is 15.2 Å². The molecule has 6 nitrogen and oxygen atoms in total. The van der Waals surface area contributed by atoms with Crippen molar-refractivity contribution in [1.82, 2.24) is 20.2 Å². The number of aromatic amines is 2. The molecular formula is C14H15N5O. The van der Waals surface area contributed by atoms with Crippen molar-refractivity contribution in [3.05, 3.63) is 41.2 Å². The number of H-pyrrole nitrogens is 2. The fourth-order valence-electron chi connectivity index (χ4n) is 2.18. The Hall–Kier alpha value is -2.63. The summed E-state index contributed by atoms with van der Waals surface area (Å²) in [7, 11) is 0. The minimum Gasteiger partial charge on any atom is -0.324 e. The Morgan fingerprint density at radius 3 is 2.80 bits per heavy atom. The minimum absolute atomic E-state index is 0.114. The number of aromatic nitrogens is 4. The summed E-state index contributed by atoms with van der Waals surface area (Å²) in [6, 6.07) is 7.64. The maximum Gasteiger partial charge on any atom is 0.231 e. The van der Waals surface area contributed by atoms with Crippen LogP contribution in [-0.4, -0.2) is 26.1 Å². The SMILES string of the molecule is Cc1n[nH]c(C)c1CC(=O)Nc1nc2ccccc2[nH]1. The van der Waals surface area contributed by atoms with Crippen LogP contribution in [0.15, 0.2) is 24.3 Å². The van der Waals surface area contributed by atoms with Gasteiger partial charge in [0, 0.05) is 11.3 Å². The van der Waals surface area contributed by atoms with Gasteiger partial charge in [-0.1, -0.05) is 12.1 Å². The molecule has 1 aromatic carbocycles. The molecule has 6 heteroatoms. The molecule has 0 aliphatic carbocycles. The highest BCUT2D eigenvalue weighted by molar-refractivity contribution is 5.92. The van der Waals surface area contributed by atoms with Crippen molar-refractivity contribution < 1.29 is 4.79 Å².